The first-order chi connectivity index (χ1) is 9.44. The lowest BCUT2D eigenvalue weighted by Crippen LogP contribution is -2.38. The van der Waals surface area contributed by atoms with Gasteiger partial charge in [0.25, 0.3) is 0 Å². The molecule has 1 fully saturated rings. The summed E-state index contributed by atoms with van der Waals surface area (Å²) >= 11 is 6.17. The molecule has 2 rings (SSSR count). The van der Waals surface area contributed by atoms with Gasteiger partial charge in [-0.15, -0.1) is 0 Å². The molecule has 0 spiro atoms. The lowest BCUT2D eigenvalue weighted by atomic mass is 9.97. The zero-order chi connectivity index (χ0) is 14.6. The number of likely N-dealkylation sites (tertiary alicyclic amines) is 1. The zero-order valence-electron chi connectivity index (χ0n) is 11.7. The molecule has 1 saturated heterocycles. The fourth-order valence-electron chi connectivity index (χ4n) is 2.49. The van der Waals surface area contributed by atoms with Crippen LogP contribution in [0.25, 0.3) is 0 Å². The molecular formula is C14H21ClN2O2S. The van der Waals surface area contributed by atoms with Gasteiger partial charge in [0, 0.05) is 18.1 Å². The molecule has 0 saturated carbocycles. The van der Waals surface area contributed by atoms with Crippen molar-refractivity contribution in [3.8, 4) is 0 Å². The monoisotopic (exact) mass is 316 g/mol. The molecular weight excluding hydrogens is 296 g/mol. The van der Waals surface area contributed by atoms with E-state index in [0.717, 1.165) is 43.1 Å². The van der Waals surface area contributed by atoms with E-state index in [-0.39, 0.29) is 0 Å². The van der Waals surface area contributed by atoms with Crippen LogP contribution in [0.3, 0.4) is 0 Å². The first-order valence-electron chi connectivity index (χ1n) is 6.84. The molecule has 1 aliphatic heterocycles. The van der Waals surface area contributed by atoms with E-state index in [1.54, 1.807) is 0 Å². The predicted octanol–water partition coefficient (Wildman–Crippen LogP) is 2.10. The van der Waals surface area contributed by atoms with Gasteiger partial charge in [0.05, 0.1) is 6.26 Å². The van der Waals surface area contributed by atoms with Crippen molar-refractivity contribution in [3.63, 3.8) is 0 Å². The highest BCUT2D eigenvalue weighted by Gasteiger charge is 2.20. The summed E-state index contributed by atoms with van der Waals surface area (Å²) in [6.07, 6.45) is 3.25. The van der Waals surface area contributed by atoms with Crippen molar-refractivity contribution < 1.29 is 8.42 Å². The molecule has 4 nitrogen and oxygen atoms in total. The van der Waals surface area contributed by atoms with Gasteiger partial charge in [-0.1, -0.05) is 29.8 Å². The molecule has 1 N–H and O–H groups in total. The van der Waals surface area contributed by atoms with E-state index >= 15 is 0 Å². The molecule has 0 aliphatic carbocycles. The summed E-state index contributed by atoms with van der Waals surface area (Å²) in [7, 11) is -3.07. The first-order valence-corrected chi connectivity index (χ1v) is 9.11. The summed E-state index contributed by atoms with van der Waals surface area (Å²) < 4.78 is 24.8. The maximum atomic E-state index is 11.1. The number of hydrogen-bond donors (Lipinski definition) is 1. The van der Waals surface area contributed by atoms with Crippen LogP contribution >= 0.6 is 11.6 Å². The SMILES string of the molecule is CS(=O)(=O)NCC1CCN(Cc2ccccc2Cl)CC1. The maximum absolute atomic E-state index is 11.1. The van der Waals surface area contributed by atoms with Gasteiger partial charge in [0.1, 0.15) is 0 Å². The van der Waals surface area contributed by atoms with Crippen molar-refractivity contribution in [3.05, 3.63) is 34.9 Å². The number of sulfonamides is 1. The maximum Gasteiger partial charge on any atom is 0.208 e. The number of benzene rings is 1. The second-order valence-electron chi connectivity index (χ2n) is 5.43. The van der Waals surface area contributed by atoms with Crippen LogP contribution in [0.5, 0.6) is 0 Å². The molecule has 0 unspecified atom stereocenters. The molecule has 1 aromatic rings. The highest BCUT2D eigenvalue weighted by molar-refractivity contribution is 7.88. The van der Waals surface area contributed by atoms with Gasteiger partial charge in [-0.05, 0) is 43.5 Å². The van der Waals surface area contributed by atoms with Crippen molar-refractivity contribution in [2.75, 3.05) is 25.9 Å². The predicted molar refractivity (Wildman–Crippen MR) is 82.3 cm³/mol. The molecule has 1 heterocycles. The minimum Gasteiger partial charge on any atom is -0.299 e. The smallest absolute Gasteiger partial charge is 0.208 e. The summed E-state index contributed by atoms with van der Waals surface area (Å²) in [4.78, 5) is 2.37. The second-order valence-corrected chi connectivity index (χ2v) is 7.67. The molecule has 0 aromatic heterocycles. The summed E-state index contributed by atoms with van der Waals surface area (Å²) in [5, 5.41) is 0.813. The number of nitrogens with zero attached hydrogens (tertiary/aromatic N) is 1. The van der Waals surface area contributed by atoms with Crippen LogP contribution in [-0.4, -0.2) is 39.2 Å². The molecule has 112 valence electrons. The van der Waals surface area contributed by atoms with Gasteiger partial charge in [-0.2, -0.15) is 0 Å². The summed E-state index contributed by atoms with van der Waals surface area (Å²) in [5.74, 6) is 0.437. The van der Waals surface area contributed by atoms with Crippen molar-refractivity contribution in [2.24, 2.45) is 5.92 Å². The molecule has 1 aliphatic rings. The van der Waals surface area contributed by atoms with E-state index in [4.69, 9.17) is 11.6 Å². The largest absolute Gasteiger partial charge is 0.299 e. The van der Waals surface area contributed by atoms with Crippen LogP contribution in [-0.2, 0) is 16.6 Å². The van der Waals surface area contributed by atoms with Crippen molar-refractivity contribution in [2.45, 2.75) is 19.4 Å². The van der Waals surface area contributed by atoms with Crippen molar-refractivity contribution in [1.29, 1.82) is 0 Å². The third-order valence-electron chi connectivity index (χ3n) is 3.69. The fraction of sp³-hybridized carbons (Fsp3) is 0.571. The average Bonchev–Trinajstić information content (AvgIpc) is 2.40. The number of hydrogen-bond acceptors (Lipinski definition) is 3. The minimum atomic E-state index is -3.07. The van der Waals surface area contributed by atoms with Gasteiger partial charge in [-0.3, -0.25) is 4.90 Å². The molecule has 0 radical (unpaired) electrons. The van der Waals surface area contributed by atoms with Crippen LogP contribution in [0, 0.1) is 5.92 Å². The molecule has 0 bridgehead atoms. The Morgan fingerprint density at radius 2 is 1.95 bits per heavy atom. The van der Waals surface area contributed by atoms with E-state index < -0.39 is 10.0 Å². The average molecular weight is 317 g/mol. The number of nitrogens with one attached hydrogen (secondary N) is 1. The van der Waals surface area contributed by atoms with Gasteiger partial charge in [-0.25, -0.2) is 13.1 Å². The third kappa shape index (κ3) is 5.05. The standard InChI is InChI=1S/C14H21ClN2O2S/c1-20(18,19)16-10-12-6-8-17(9-7-12)11-13-4-2-3-5-14(13)15/h2-5,12,16H,6-11H2,1H3. The van der Waals surface area contributed by atoms with E-state index in [1.807, 2.05) is 18.2 Å². The number of piperidine rings is 1. The Balaban J connectivity index is 1.79. The number of rotatable bonds is 5. The van der Waals surface area contributed by atoms with Gasteiger partial charge >= 0.3 is 0 Å². The Labute approximate surface area is 126 Å². The van der Waals surface area contributed by atoms with E-state index in [2.05, 4.69) is 15.7 Å². The van der Waals surface area contributed by atoms with Gasteiger partial charge in [0.15, 0.2) is 0 Å². The Hall–Kier alpha value is -0.620. The Morgan fingerprint density at radius 1 is 1.30 bits per heavy atom. The quantitative estimate of drug-likeness (QED) is 0.905. The molecule has 0 atom stereocenters. The molecule has 1 aromatic carbocycles. The molecule has 0 amide bonds. The van der Waals surface area contributed by atoms with E-state index in [0.29, 0.717) is 12.5 Å². The normalized spacial score (nSPS) is 18.3. The molecule has 6 heteroatoms. The van der Waals surface area contributed by atoms with Crippen molar-refractivity contribution in [1.82, 2.24) is 9.62 Å². The highest BCUT2D eigenvalue weighted by atomic mass is 35.5. The van der Waals surface area contributed by atoms with E-state index in [1.165, 1.54) is 6.26 Å². The van der Waals surface area contributed by atoms with E-state index in [9.17, 15) is 8.42 Å². The van der Waals surface area contributed by atoms with Crippen molar-refractivity contribution >= 4 is 21.6 Å². The van der Waals surface area contributed by atoms with Crippen LogP contribution in [0.15, 0.2) is 24.3 Å². The second kappa shape index (κ2) is 6.89. The summed E-state index contributed by atoms with van der Waals surface area (Å²) in [5.41, 5.74) is 1.15. The Kier molecular flexibility index (Phi) is 5.43. The number of halogens is 1. The Morgan fingerprint density at radius 3 is 2.55 bits per heavy atom. The van der Waals surface area contributed by atoms with Crippen LogP contribution in [0.1, 0.15) is 18.4 Å². The Bertz CT molecular complexity index is 540. The highest BCUT2D eigenvalue weighted by Crippen LogP contribution is 2.21. The summed E-state index contributed by atoms with van der Waals surface area (Å²) in [6, 6.07) is 7.91. The van der Waals surface area contributed by atoms with Crippen LogP contribution < -0.4 is 4.72 Å². The van der Waals surface area contributed by atoms with Gasteiger partial charge in [0.2, 0.25) is 10.0 Å². The van der Waals surface area contributed by atoms with Gasteiger partial charge < -0.3 is 0 Å². The lowest BCUT2D eigenvalue weighted by molar-refractivity contribution is 0.178. The topological polar surface area (TPSA) is 49.4 Å². The third-order valence-corrected chi connectivity index (χ3v) is 4.75. The fourth-order valence-corrected chi connectivity index (χ4v) is 3.22. The minimum absolute atomic E-state index is 0.437. The molecule has 20 heavy (non-hydrogen) atoms. The summed E-state index contributed by atoms with van der Waals surface area (Å²) in [6.45, 7) is 3.40. The first kappa shape index (κ1) is 15.8. The lowest BCUT2D eigenvalue weighted by Gasteiger charge is -2.32. The zero-order valence-corrected chi connectivity index (χ0v) is 13.3. The van der Waals surface area contributed by atoms with Crippen LogP contribution in [0.2, 0.25) is 5.02 Å². The van der Waals surface area contributed by atoms with Crippen LogP contribution in [0.4, 0.5) is 0 Å².